The molecule has 0 atom stereocenters. The maximum Gasteiger partial charge on any atom is 0.323 e. The number of benzene rings is 2. The number of carboxylic acids is 1. The van der Waals surface area contributed by atoms with Gasteiger partial charge in [0.1, 0.15) is 6.54 Å². The van der Waals surface area contributed by atoms with Crippen molar-refractivity contribution in [1.29, 1.82) is 0 Å². The number of fused-ring (bicyclic) bond motifs is 1. The maximum absolute atomic E-state index is 11.1. The maximum atomic E-state index is 11.1. The molecule has 21 heavy (non-hydrogen) atoms. The summed E-state index contributed by atoms with van der Waals surface area (Å²) in [7, 11) is 0. The molecule has 1 heterocycles. The Morgan fingerprint density at radius 1 is 1.19 bits per heavy atom. The molecule has 0 unspecified atom stereocenters. The molecule has 0 saturated heterocycles. The number of hydrogen-bond donors (Lipinski definition) is 2. The van der Waals surface area contributed by atoms with E-state index in [0.29, 0.717) is 5.95 Å². The van der Waals surface area contributed by atoms with E-state index in [1.165, 1.54) is 0 Å². The molecule has 3 aromatic rings. The third-order valence-electron chi connectivity index (χ3n) is 3.34. The van der Waals surface area contributed by atoms with E-state index in [-0.39, 0.29) is 6.54 Å². The number of nitrogens with zero attached hydrogens (tertiary/aromatic N) is 2. The standard InChI is InChI=1S/C16H15N3O2/c1-11-6-2-3-7-12(11)17-16-18-13-8-4-5-9-14(13)19(16)10-15(20)21/h2-9H,10H2,1H3,(H,17,18)(H,20,21). The van der Waals surface area contributed by atoms with Crippen molar-refractivity contribution in [3.8, 4) is 0 Å². The number of carboxylic acid groups (broad SMARTS) is 1. The van der Waals surface area contributed by atoms with Crippen molar-refractivity contribution in [3.05, 3.63) is 54.1 Å². The van der Waals surface area contributed by atoms with Crippen LogP contribution in [-0.4, -0.2) is 20.6 Å². The predicted octanol–water partition coefficient (Wildman–Crippen LogP) is 3.17. The number of para-hydroxylation sites is 3. The number of imidazole rings is 1. The molecule has 0 radical (unpaired) electrons. The Morgan fingerprint density at radius 3 is 2.67 bits per heavy atom. The molecule has 2 aromatic carbocycles. The van der Waals surface area contributed by atoms with Crippen LogP contribution in [0.3, 0.4) is 0 Å². The van der Waals surface area contributed by atoms with E-state index in [9.17, 15) is 4.79 Å². The molecule has 1 aromatic heterocycles. The van der Waals surface area contributed by atoms with Gasteiger partial charge in [0.15, 0.2) is 0 Å². The number of carbonyl (C=O) groups is 1. The Morgan fingerprint density at radius 2 is 1.90 bits per heavy atom. The predicted molar refractivity (Wildman–Crippen MR) is 81.8 cm³/mol. The van der Waals surface area contributed by atoms with Crippen molar-refractivity contribution in [2.45, 2.75) is 13.5 Å². The van der Waals surface area contributed by atoms with Gasteiger partial charge in [0, 0.05) is 5.69 Å². The second-order valence-electron chi connectivity index (χ2n) is 4.84. The summed E-state index contributed by atoms with van der Waals surface area (Å²) in [6, 6.07) is 15.3. The second kappa shape index (κ2) is 5.28. The van der Waals surface area contributed by atoms with E-state index in [1.54, 1.807) is 4.57 Å². The van der Waals surface area contributed by atoms with Crippen molar-refractivity contribution in [2.75, 3.05) is 5.32 Å². The summed E-state index contributed by atoms with van der Waals surface area (Å²) in [5, 5.41) is 12.3. The quantitative estimate of drug-likeness (QED) is 0.770. The molecule has 5 nitrogen and oxygen atoms in total. The lowest BCUT2D eigenvalue weighted by molar-refractivity contribution is -0.137. The summed E-state index contributed by atoms with van der Waals surface area (Å²) in [4.78, 5) is 15.6. The molecule has 0 saturated carbocycles. The SMILES string of the molecule is Cc1ccccc1Nc1nc2ccccc2n1CC(=O)O. The molecule has 0 fully saturated rings. The van der Waals surface area contributed by atoms with Crippen molar-refractivity contribution in [3.63, 3.8) is 0 Å². The fourth-order valence-electron chi connectivity index (χ4n) is 2.30. The molecule has 106 valence electrons. The Balaban J connectivity index is 2.09. The average Bonchev–Trinajstić information content (AvgIpc) is 2.79. The Bertz CT molecular complexity index is 808. The number of hydrogen-bond acceptors (Lipinski definition) is 3. The van der Waals surface area contributed by atoms with Crippen LogP contribution >= 0.6 is 0 Å². The Labute approximate surface area is 121 Å². The third-order valence-corrected chi connectivity index (χ3v) is 3.34. The van der Waals surface area contributed by atoms with Crippen LogP contribution in [0.5, 0.6) is 0 Å². The fraction of sp³-hybridized carbons (Fsp3) is 0.125. The lowest BCUT2D eigenvalue weighted by atomic mass is 10.2. The Hall–Kier alpha value is -2.82. The van der Waals surface area contributed by atoms with Crippen LogP contribution < -0.4 is 5.32 Å². The number of anilines is 2. The van der Waals surface area contributed by atoms with Gasteiger partial charge in [-0.25, -0.2) is 4.98 Å². The lowest BCUT2D eigenvalue weighted by Crippen LogP contribution is -2.11. The highest BCUT2D eigenvalue weighted by Crippen LogP contribution is 2.24. The van der Waals surface area contributed by atoms with E-state index in [0.717, 1.165) is 22.3 Å². The zero-order valence-electron chi connectivity index (χ0n) is 11.6. The summed E-state index contributed by atoms with van der Waals surface area (Å²) in [5.74, 6) is -0.362. The Kier molecular flexibility index (Phi) is 3.31. The molecule has 0 aliphatic heterocycles. The monoisotopic (exact) mass is 281 g/mol. The average molecular weight is 281 g/mol. The van der Waals surface area contributed by atoms with E-state index < -0.39 is 5.97 Å². The van der Waals surface area contributed by atoms with Gasteiger partial charge in [0.05, 0.1) is 11.0 Å². The molecule has 0 aliphatic rings. The van der Waals surface area contributed by atoms with Gasteiger partial charge in [0.25, 0.3) is 0 Å². The highest BCUT2D eigenvalue weighted by molar-refractivity contribution is 5.82. The van der Waals surface area contributed by atoms with Crippen molar-refractivity contribution in [2.24, 2.45) is 0 Å². The van der Waals surface area contributed by atoms with Gasteiger partial charge in [-0.1, -0.05) is 30.3 Å². The first-order valence-corrected chi connectivity index (χ1v) is 6.65. The summed E-state index contributed by atoms with van der Waals surface area (Å²) in [6.45, 7) is 1.86. The number of aryl methyl sites for hydroxylation is 1. The van der Waals surface area contributed by atoms with Crippen LogP contribution in [0.2, 0.25) is 0 Å². The normalized spacial score (nSPS) is 10.7. The molecule has 0 aliphatic carbocycles. The van der Waals surface area contributed by atoms with Gasteiger partial charge in [-0.2, -0.15) is 0 Å². The largest absolute Gasteiger partial charge is 0.480 e. The van der Waals surface area contributed by atoms with E-state index in [1.807, 2.05) is 55.5 Å². The number of aromatic nitrogens is 2. The van der Waals surface area contributed by atoms with Crippen LogP contribution in [-0.2, 0) is 11.3 Å². The van der Waals surface area contributed by atoms with Crippen LogP contribution in [0.1, 0.15) is 5.56 Å². The summed E-state index contributed by atoms with van der Waals surface area (Å²) in [6.07, 6.45) is 0. The molecule has 2 N–H and O–H groups in total. The van der Waals surface area contributed by atoms with E-state index >= 15 is 0 Å². The molecule has 5 heteroatoms. The number of aliphatic carboxylic acids is 1. The topological polar surface area (TPSA) is 67.2 Å². The molecule has 0 spiro atoms. The number of rotatable bonds is 4. The van der Waals surface area contributed by atoms with E-state index in [4.69, 9.17) is 5.11 Å². The van der Waals surface area contributed by atoms with Gasteiger partial charge >= 0.3 is 5.97 Å². The van der Waals surface area contributed by atoms with Crippen LogP contribution in [0.4, 0.5) is 11.6 Å². The van der Waals surface area contributed by atoms with Gasteiger partial charge in [-0.05, 0) is 30.7 Å². The summed E-state index contributed by atoms with van der Waals surface area (Å²) >= 11 is 0. The second-order valence-corrected chi connectivity index (χ2v) is 4.84. The van der Waals surface area contributed by atoms with Crippen LogP contribution in [0, 0.1) is 6.92 Å². The summed E-state index contributed by atoms with van der Waals surface area (Å²) < 4.78 is 1.67. The molecule has 0 bridgehead atoms. The molecular weight excluding hydrogens is 266 g/mol. The molecular formula is C16H15N3O2. The summed E-state index contributed by atoms with van der Waals surface area (Å²) in [5.41, 5.74) is 3.57. The minimum absolute atomic E-state index is 0.130. The van der Waals surface area contributed by atoms with Crippen LogP contribution in [0.15, 0.2) is 48.5 Å². The lowest BCUT2D eigenvalue weighted by Gasteiger charge is -2.10. The number of nitrogens with one attached hydrogen (secondary N) is 1. The first-order chi connectivity index (χ1) is 10.1. The van der Waals surface area contributed by atoms with Gasteiger partial charge in [0.2, 0.25) is 5.95 Å². The first-order valence-electron chi connectivity index (χ1n) is 6.65. The van der Waals surface area contributed by atoms with Gasteiger partial charge in [-0.3, -0.25) is 9.36 Å². The molecule has 0 amide bonds. The minimum atomic E-state index is -0.897. The zero-order chi connectivity index (χ0) is 14.8. The highest BCUT2D eigenvalue weighted by Gasteiger charge is 2.13. The first kappa shape index (κ1) is 13.2. The van der Waals surface area contributed by atoms with Gasteiger partial charge in [-0.15, -0.1) is 0 Å². The molecule has 3 rings (SSSR count). The highest BCUT2D eigenvalue weighted by atomic mass is 16.4. The van der Waals surface area contributed by atoms with Crippen molar-refractivity contribution < 1.29 is 9.90 Å². The smallest absolute Gasteiger partial charge is 0.323 e. The minimum Gasteiger partial charge on any atom is -0.480 e. The van der Waals surface area contributed by atoms with Gasteiger partial charge < -0.3 is 10.4 Å². The van der Waals surface area contributed by atoms with Crippen molar-refractivity contribution in [1.82, 2.24) is 9.55 Å². The zero-order valence-corrected chi connectivity index (χ0v) is 11.6. The van der Waals surface area contributed by atoms with E-state index in [2.05, 4.69) is 10.3 Å². The third kappa shape index (κ3) is 2.58. The fourth-order valence-corrected chi connectivity index (χ4v) is 2.30. The van der Waals surface area contributed by atoms with Crippen molar-refractivity contribution >= 4 is 28.6 Å². The van der Waals surface area contributed by atoms with Crippen LogP contribution in [0.25, 0.3) is 11.0 Å².